The average Bonchev–Trinajstić information content (AvgIpc) is 2.55. The largest absolute Gasteiger partial charge is 0.307 e. The van der Waals surface area contributed by atoms with Crippen molar-refractivity contribution in [1.29, 1.82) is 0 Å². The summed E-state index contributed by atoms with van der Waals surface area (Å²) in [6.45, 7) is 2.40. The second-order valence-electron chi connectivity index (χ2n) is 5.96. The molecule has 0 spiro atoms. The van der Waals surface area contributed by atoms with Gasteiger partial charge in [-0.2, -0.15) is 0 Å². The molecule has 1 N–H and O–H groups in total. The highest BCUT2D eigenvalue weighted by molar-refractivity contribution is 7.92. The van der Waals surface area contributed by atoms with Crippen LogP contribution in [-0.4, -0.2) is 32.1 Å². The van der Waals surface area contributed by atoms with Crippen LogP contribution in [0.3, 0.4) is 0 Å². The molecule has 24 heavy (non-hydrogen) atoms. The molecule has 1 amide bonds. The molecule has 0 saturated carbocycles. The van der Waals surface area contributed by atoms with Crippen LogP contribution in [0.4, 0.5) is 11.5 Å². The van der Waals surface area contributed by atoms with Gasteiger partial charge < -0.3 is 5.32 Å². The van der Waals surface area contributed by atoms with Gasteiger partial charge in [0, 0.05) is 18.3 Å². The fourth-order valence-electron chi connectivity index (χ4n) is 2.78. The normalized spacial score (nSPS) is 14.2. The van der Waals surface area contributed by atoms with Gasteiger partial charge in [0.25, 0.3) is 5.91 Å². The first-order chi connectivity index (χ1) is 11.3. The Balaban J connectivity index is 1.85. The van der Waals surface area contributed by atoms with Crippen LogP contribution in [-0.2, 0) is 16.4 Å². The van der Waals surface area contributed by atoms with E-state index in [1.54, 1.807) is 30.5 Å². The Bertz CT molecular complexity index is 876. The molecule has 2 heterocycles. The van der Waals surface area contributed by atoms with Crippen LogP contribution in [0.1, 0.15) is 27.9 Å². The summed E-state index contributed by atoms with van der Waals surface area (Å²) in [6, 6.07) is 8.73. The number of nitrogens with zero attached hydrogens (tertiary/aromatic N) is 2. The fraction of sp³-hybridized carbons (Fsp3) is 0.294. The molecular weight excluding hydrogens is 326 g/mol. The molecule has 0 radical (unpaired) electrons. The lowest BCUT2D eigenvalue weighted by Crippen LogP contribution is -2.34. The number of hydrogen-bond donors (Lipinski definition) is 1. The molecule has 0 unspecified atom stereocenters. The van der Waals surface area contributed by atoms with E-state index in [4.69, 9.17) is 0 Å². The van der Waals surface area contributed by atoms with Gasteiger partial charge >= 0.3 is 0 Å². The van der Waals surface area contributed by atoms with E-state index < -0.39 is 10.0 Å². The van der Waals surface area contributed by atoms with Crippen LogP contribution in [0.5, 0.6) is 0 Å². The van der Waals surface area contributed by atoms with E-state index in [-0.39, 0.29) is 5.91 Å². The number of carbonyl (C=O) groups excluding carboxylic acids is 1. The number of carbonyl (C=O) groups is 1. The summed E-state index contributed by atoms with van der Waals surface area (Å²) < 4.78 is 25.1. The zero-order valence-electron chi connectivity index (χ0n) is 13.6. The predicted octanol–water partition coefficient (Wildman–Crippen LogP) is 2.35. The van der Waals surface area contributed by atoms with Crippen molar-refractivity contribution in [3.05, 3.63) is 53.2 Å². The van der Waals surface area contributed by atoms with E-state index >= 15 is 0 Å². The third kappa shape index (κ3) is 3.41. The number of fused-ring (bicyclic) bond motifs is 1. The Hall–Kier alpha value is -2.41. The predicted molar refractivity (Wildman–Crippen MR) is 93.9 cm³/mol. The van der Waals surface area contributed by atoms with Crippen LogP contribution in [0.2, 0.25) is 0 Å². The first-order valence-corrected chi connectivity index (χ1v) is 9.54. The summed E-state index contributed by atoms with van der Waals surface area (Å²) in [5, 5.41) is 2.75. The minimum Gasteiger partial charge on any atom is -0.307 e. The molecular formula is C17H19N3O3S. The van der Waals surface area contributed by atoms with E-state index in [1.165, 1.54) is 10.6 Å². The summed E-state index contributed by atoms with van der Waals surface area (Å²) >= 11 is 0. The molecule has 6 nitrogen and oxygen atoms in total. The second kappa shape index (κ2) is 6.24. The molecule has 0 atom stereocenters. The average molecular weight is 345 g/mol. The van der Waals surface area contributed by atoms with E-state index in [0.717, 1.165) is 24.0 Å². The lowest BCUT2D eigenvalue weighted by molar-refractivity contribution is 0.102. The van der Waals surface area contributed by atoms with Gasteiger partial charge in [-0.3, -0.25) is 9.10 Å². The van der Waals surface area contributed by atoms with Gasteiger partial charge in [0.05, 0.1) is 11.9 Å². The number of benzene rings is 1. The molecule has 0 bridgehead atoms. The molecule has 2 aromatic rings. The van der Waals surface area contributed by atoms with Gasteiger partial charge in [-0.15, -0.1) is 0 Å². The standard InChI is InChI=1S/C17H19N3O3S/c1-12-5-8-16(18-11-12)19-17(21)14-6-7-15-13(10-14)4-3-9-20(15)24(2,22)23/h5-8,10-11H,3-4,9H2,1-2H3,(H,18,19,21). The third-order valence-corrected chi connectivity index (χ3v) is 5.15. The van der Waals surface area contributed by atoms with Crippen LogP contribution in [0, 0.1) is 6.92 Å². The number of anilines is 2. The van der Waals surface area contributed by atoms with Crippen molar-refractivity contribution in [2.24, 2.45) is 0 Å². The number of nitrogens with one attached hydrogen (secondary N) is 1. The van der Waals surface area contributed by atoms with Crippen molar-refractivity contribution < 1.29 is 13.2 Å². The van der Waals surface area contributed by atoms with Crippen molar-refractivity contribution in [3.63, 3.8) is 0 Å². The molecule has 1 aromatic carbocycles. The molecule has 1 aromatic heterocycles. The molecule has 0 fully saturated rings. The van der Waals surface area contributed by atoms with Crippen molar-refractivity contribution in [2.45, 2.75) is 19.8 Å². The fourth-order valence-corrected chi connectivity index (χ4v) is 3.77. The van der Waals surface area contributed by atoms with Gasteiger partial charge in [-0.05, 0) is 55.2 Å². The number of amides is 1. The van der Waals surface area contributed by atoms with Crippen molar-refractivity contribution >= 4 is 27.4 Å². The van der Waals surface area contributed by atoms with Crippen LogP contribution in [0.25, 0.3) is 0 Å². The molecule has 1 aliphatic rings. The minimum atomic E-state index is -3.30. The summed E-state index contributed by atoms with van der Waals surface area (Å²) in [7, 11) is -3.30. The second-order valence-corrected chi connectivity index (χ2v) is 7.86. The van der Waals surface area contributed by atoms with Crippen LogP contribution < -0.4 is 9.62 Å². The van der Waals surface area contributed by atoms with E-state index in [1.807, 2.05) is 13.0 Å². The summed E-state index contributed by atoms with van der Waals surface area (Å²) in [6.07, 6.45) is 4.38. The quantitative estimate of drug-likeness (QED) is 0.926. The zero-order chi connectivity index (χ0) is 17.3. The zero-order valence-corrected chi connectivity index (χ0v) is 14.4. The molecule has 1 aliphatic heterocycles. The van der Waals surface area contributed by atoms with Crippen molar-refractivity contribution in [2.75, 3.05) is 22.4 Å². The molecule has 126 valence electrons. The van der Waals surface area contributed by atoms with Gasteiger partial charge in [-0.25, -0.2) is 13.4 Å². The number of aryl methyl sites for hydroxylation is 2. The third-order valence-electron chi connectivity index (χ3n) is 3.97. The molecule has 0 saturated heterocycles. The minimum absolute atomic E-state index is 0.259. The Labute approximate surface area is 141 Å². The lowest BCUT2D eigenvalue weighted by Gasteiger charge is -2.29. The van der Waals surface area contributed by atoms with Crippen molar-refractivity contribution in [1.82, 2.24) is 4.98 Å². The Kier molecular flexibility index (Phi) is 4.28. The van der Waals surface area contributed by atoms with E-state index in [9.17, 15) is 13.2 Å². The number of pyridine rings is 1. The first kappa shape index (κ1) is 16.4. The van der Waals surface area contributed by atoms with Gasteiger partial charge in [0.15, 0.2) is 0 Å². The lowest BCUT2D eigenvalue weighted by atomic mass is 10.0. The maximum atomic E-state index is 12.4. The first-order valence-electron chi connectivity index (χ1n) is 7.69. The molecule has 7 heteroatoms. The van der Waals surface area contributed by atoms with Crippen molar-refractivity contribution in [3.8, 4) is 0 Å². The number of hydrogen-bond acceptors (Lipinski definition) is 4. The maximum absolute atomic E-state index is 12.4. The van der Waals surface area contributed by atoms with E-state index in [0.29, 0.717) is 23.6 Å². The SMILES string of the molecule is Cc1ccc(NC(=O)c2ccc3c(c2)CCCN3S(C)(=O)=O)nc1. The smallest absolute Gasteiger partial charge is 0.256 e. The van der Waals surface area contributed by atoms with Gasteiger partial charge in [0.1, 0.15) is 5.82 Å². The van der Waals surface area contributed by atoms with Gasteiger partial charge in [-0.1, -0.05) is 6.07 Å². The summed E-state index contributed by atoms with van der Waals surface area (Å²) in [5.41, 5.74) is 3.04. The topological polar surface area (TPSA) is 79.4 Å². The summed E-state index contributed by atoms with van der Waals surface area (Å²) in [4.78, 5) is 16.5. The Morgan fingerprint density at radius 2 is 2.04 bits per heavy atom. The van der Waals surface area contributed by atoms with Gasteiger partial charge in [0.2, 0.25) is 10.0 Å². The summed E-state index contributed by atoms with van der Waals surface area (Å²) in [5.74, 6) is 0.228. The highest BCUT2D eigenvalue weighted by atomic mass is 32.2. The molecule has 0 aliphatic carbocycles. The molecule has 3 rings (SSSR count). The highest BCUT2D eigenvalue weighted by Gasteiger charge is 2.24. The number of aromatic nitrogens is 1. The van der Waals surface area contributed by atoms with E-state index in [2.05, 4.69) is 10.3 Å². The Morgan fingerprint density at radius 3 is 2.71 bits per heavy atom. The Morgan fingerprint density at radius 1 is 1.25 bits per heavy atom. The number of sulfonamides is 1. The van der Waals surface area contributed by atoms with Crippen LogP contribution in [0.15, 0.2) is 36.5 Å². The highest BCUT2D eigenvalue weighted by Crippen LogP contribution is 2.30. The maximum Gasteiger partial charge on any atom is 0.256 e. The monoisotopic (exact) mass is 345 g/mol. The number of rotatable bonds is 3. The van der Waals surface area contributed by atoms with Crippen LogP contribution >= 0.6 is 0 Å².